The molecule has 6 heteroatoms. The lowest BCUT2D eigenvalue weighted by Crippen LogP contribution is -2.26. The Morgan fingerprint density at radius 3 is 2.31 bits per heavy atom. The lowest BCUT2D eigenvalue weighted by atomic mass is 10.1. The van der Waals surface area contributed by atoms with Crippen molar-refractivity contribution in [1.29, 1.82) is 0 Å². The maximum Gasteiger partial charge on any atom is 0.223 e. The second-order valence-electron chi connectivity index (χ2n) is 3.42. The molecule has 0 saturated heterocycles. The third-order valence-corrected chi connectivity index (χ3v) is 1.87. The van der Waals surface area contributed by atoms with Gasteiger partial charge >= 0.3 is 0 Å². The molecule has 16 heavy (non-hydrogen) atoms. The third-order valence-electron chi connectivity index (χ3n) is 1.87. The lowest BCUT2D eigenvalue weighted by Gasteiger charge is -2.04. The van der Waals surface area contributed by atoms with Crippen molar-refractivity contribution < 1.29 is 4.39 Å². The Morgan fingerprint density at radius 2 is 1.81 bits per heavy atom. The molecule has 0 radical (unpaired) electrons. The highest BCUT2D eigenvalue weighted by atomic mass is 19.1. The van der Waals surface area contributed by atoms with Crippen LogP contribution < -0.4 is 17.2 Å². The van der Waals surface area contributed by atoms with E-state index in [1.165, 1.54) is 6.07 Å². The fraction of sp³-hybridized carbons (Fsp3) is 0.200. The van der Waals surface area contributed by atoms with Crippen LogP contribution in [0, 0.1) is 19.7 Å². The van der Waals surface area contributed by atoms with E-state index in [0.717, 1.165) is 5.56 Å². The van der Waals surface area contributed by atoms with Crippen molar-refractivity contribution in [2.24, 2.45) is 27.2 Å². The predicted molar refractivity (Wildman–Crippen MR) is 63.0 cm³/mol. The fourth-order valence-electron chi connectivity index (χ4n) is 1.32. The Kier molecular flexibility index (Phi) is 3.44. The van der Waals surface area contributed by atoms with Crippen LogP contribution >= 0.6 is 0 Å². The number of hydrogen-bond acceptors (Lipinski definition) is 1. The summed E-state index contributed by atoms with van der Waals surface area (Å²) in [6.07, 6.45) is 0. The summed E-state index contributed by atoms with van der Waals surface area (Å²) < 4.78 is 13.5. The molecule has 86 valence electrons. The quantitative estimate of drug-likeness (QED) is 0.481. The molecule has 0 bridgehead atoms. The highest BCUT2D eigenvalue weighted by Gasteiger charge is 2.06. The first-order chi connectivity index (χ1) is 7.40. The van der Waals surface area contributed by atoms with Crippen molar-refractivity contribution >= 4 is 17.6 Å². The Bertz CT molecular complexity index is 437. The normalized spacial score (nSPS) is 11.3. The van der Waals surface area contributed by atoms with Gasteiger partial charge in [0.1, 0.15) is 11.5 Å². The smallest absolute Gasteiger partial charge is 0.223 e. The molecule has 1 aromatic rings. The Morgan fingerprint density at radius 1 is 1.19 bits per heavy atom. The molecule has 0 heterocycles. The van der Waals surface area contributed by atoms with Gasteiger partial charge in [0.25, 0.3) is 0 Å². The van der Waals surface area contributed by atoms with Crippen LogP contribution in [-0.4, -0.2) is 11.9 Å². The molecule has 1 rings (SSSR count). The molecule has 0 spiro atoms. The molecule has 5 nitrogen and oxygen atoms in total. The van der Waals surface area contributed by atoms with Crippen LogP contribution in [0.3, 0.4) is 0 Å². The summed E-state index contributed by atoms with van der Waals surface area (Å²) in [7, 11) is 0. The van der Waals surface area contributed by atoms with Crippen molar-refractivity contribution in [3.8, 4) is 0 Å². The average Bonchev–Trinajstić information content (AvgIpc) is 2.09. The second-order valence-corrected chi connectivity index (χ2v) is 3.42. The van der Waals surface area contributed by atoms with Crippen LogP contribution in [-0.2, 0) is 0 Å². The second kappa shape index (κ2) is 4.61. The largest absolute Gasteiger partial charge is 0.370 e. The molecule has 0 unspecified atom stereocenters. The average molecular weight is 223 g/mol. The van der Waals surface area contributed by atoms with E-state index < -0.39 is 5.82 Å². The molecule has 0 aliphatic carbocycles. The summed E-state index contributed by atoms with van der Waals surface area (Å²) in [5.41, 5.74) is 17.3. The first kappa shape index (κ1) is 12.0. The van der Waals surface area contributed by atoms with Gasteiger partial charge in [0.05, 0.1) is 0 Å². The van der Waals surface area contributed by atoms with Crippen molar-refractivity contribution in [2.75, 3.05) is 0 Å². The standard InChI is InChI=1S/C10H14FN5/c1-5-3-6(2)8(7(11)4-5)15-10(14)16-9(12)13/h3-4H,1-2H3,(H6,12,13,14,15,16). The van der Waals surface area contributed by atoms with Crippen LogP contribution in [0.4, 0.5) is 10.1 Å². The predicted octanol–water partition coefficient (Wildman–Crippen LogP) is 0.662. The summed E-state index contributed by atoms with van der Waals surface area (Å²) in [5.74, 6) is -0.844. The Hall–Kier alpha value is -2.11. The zero-order valence-electron chi connectivity index (χ0n) is 9.16. The van der Waals surface area contributed by atoms with E-state index in [-0.39, 0.29) is 17.6 Å². The van der Waals surface area contributed by atoms with Crippen LogP contribution in [0.15, 0.2) is 22.1 Å². The minimum Gasteiger partial charge on any atom is -0.370 e. The van der Waals surface area contributed by atoms with Crippen molar-refractivity contribution in [3.63, 3.8) is 0 Å². The number of benzene rings is 1. The summed E-state index contributed by atoms with van der Waals surface area (Å²) >= 11 is 0. The van der Waals surface area contributed by atoms with Crippen LogP contribution in [0.1, 0.15) is 11.1 Å². The number of halogens is 1. The summed E-state index contributed by atoms with van der Waals surface area (Å²) in [5, 5.41) is 0. The number of rotatable bonds is 1. The number of nitrogens with two attached hydrogens (primary N) is 3. The van der Waals surface area contributed by atoms with E-state index in [9.17, 15) is 4.39 Å². The minimum atomic E-state index is -0.453. The van der Waals surface area contributed by atoms with Gasteiger partial charge in [0.15, 0.2) is 5.96 Å². The molecule has 0 aliphatic rings. The van der Waals surface area contributed by atoms with Gasteiger partial charge in [-0.1, -0.05) is 6.07 Å². The van der Waals surface area contributed by atoms with Gasteiger partial charge in [0.2, 0.25) is 5.96 Å². The highest BCUT2D eigenvalue weighted by Crippen LogP contribution is 2.24. The number of aryl methyl sites for hydroxylation is 2. The Balaban J connectivity index is 3.20. The van der Waals surface area contributed by atoms with Gasteiger partial charge in [-0.3, -0.25) is 0 Å². The molecule has 0 saturated carbocycles. The van der Waals surface area contributed by atoms with Crippen LogP contribution in [0.5, 0.6) is 0 Å². The van der Waals surface area contributed by atoms with Gasteiger partial charge in [-0.2, -0.15) is 4.99 Å². The number of aliphatic imine (C=N–C) groups is 2. The van der Waals surface area contributed by atoms with Gasteiger partial charge in [0, 0.05) is 0 Å². The summed E-state index contributed by atoms with van der Waals surface area (Å²) in [6, 6.07) is 3.17. The SMILES string of the molecule is Cc1cc(C)c(N=C(N)N=C(N)N)c(F)c1. The number of nitrogens with zero attached hydrogens (tertiary/aromatic N) is 2. The molecule has 6 N–H and O–H groups in total. The molecule has 1 aromatic carbocycles. The molecular weight excluding hydrogens is 209 g/mol. The van der Waals surface area contributed by atoms with Crippen LogP contribution in [0.25, 0.3) is 0 Å². The first-order valence-electron chi connectivity index (χ1n) is 4.60. The molecule has 0 atom stereocenters. The van der Waals surface area contributed by atoms with Gasteiger partial charge < -0.3 is 17.2 Å². The minimum absolute atomic E-state index is 0.146. The zero-order chi connectivity index (χ0) is 12.3. The van der Waals surface area contributed by atoms with Gasteiger partial charge in [-0.25, -0.2) is 9.38 Å². The summed E-state index contributed by atoms with van der Waals surface area (Å²) in [6.45, 7) is 3.53. The zero-order valence-corrected chi connectivity index (χ0v) is 9.16. The number of guanidine groups is 2. The number of hydrogen-bond donors (Lipinski definition) is 3. The Labute approximate surface area is 92.9 Å². The first-order valence-corrected chi connectivity index (χ1v) is 4.60. The third kappa shape index (κ3) is 2.94. The van der Waals surface area contributed by atoms with E-state index >= 15 is 0 Å². The molecule has 0 aromatic heterocycles. The summed E-state index contributed by atoms with van der Waals surface area (Å²) in [4.78, 5) is 7.32. The maximum absolute atomic E-state index is 13.5. The van der Waals surface area contributed by atoms with Crippen LogP contribution in [0.2, 0.25) is 0 Å². The highest BCUT2D eigenvalue weighted by molar-refractivity contribution is 5.93. The maximum atomic E-state index is 13.5. The topological polar surface area (TPSA) is 103 Å². The molecule has 0 aliphatic heterocycles. The monoisotopic (exact) mass is 223 g/mol. The molecule has 0 fully saturated rings. The van der Waals surface area contributed by atoms with E-state index in [2.05, 4.69) is 9.98 Å². The van der Waals surface area contributed by atoms with Crippen molar-refractivity contribution in [1.82, 2.24) is 0 Å². The molecular formula is C10H14FN5. The van der Waals surface area contributed by atoms with E-state index in [1.54, 1.807) is 19.9 Å². The van der Waals surface area contributed by atoms with E-state index in [0.29, 0.717) is 5.56 Å². The van der Waals surface area contributed by atoms with Crippen molar-refractivity contribution in [3.05, 3.63) is 29.1 Å². The fourth-order valence-corrected chi connectivity index (χ4v) is 1.32. The molecule has 0 amide bonds. The lowest BCUT2D eigenvalue weighted by molar-refractivity contribution is 0.627. The van der Waals surface area contributed by atoms with E-state index in [1.807, 2.05) is 0 Å². The van der Waals surface area contributed by atoms with Gasteiger partial charge in [-0.05, 0) is 31.0 Å². The van der Waals surface area contributed by atoms with Crippen molar-refractivity contribution in [2.45, 2.75) is 13.8 Å². The van der Waals surface area contributed by atoms with E-state index in [4.69, 9.17) is 17.2 Å². The van der Waals surface area contributed by atoms with Gasteiger partial charge in [-0.15, -0.1) is 0 Å².